The van der Waals surface area contributed by atoms with Gasteiger partial charge in [0.25, 0.3) is 0 Å². The van der Waals surface area contributed by atoms with Gasteiger partial charge >= 0.3 is 5.97 Å². The van der Waals surface area contributed by atoms with E-state index in [1.165, 1.54) is 22.9 Å². The molecule has 0 saturated carbocycles. The van der Waals surface area contributed by atoms with Gasteiger partial charge in [-0.25, -0.2) is 4.98 Å². The average Bonchev–Trinajstić information content (AvgIpc) is 3.26. The van der Waals surface area contributed by atoms with Crippen LogP contribution in [0.3, 0.4) is 0 Å². The van der Waals surface area contributed by atoms with Gasteiger partial charge in [0.15, 0.2) is 10.8 Å². The molecule has 0 unspecified atom stereocenters. The van der Waals surface area contributed by atoms with E-state index >= 15 is 0 Å². The van der Waals surface area contributed by atoms with Crippen molar-refractivity contribution >= 4 is 28.8 Å². The average molecular weight is 398 g/mol. The van der Waals surface area contributed by atoms with Crippen LogP contribution in [0.5, 0.6) is 0 Å². The molecule has 0 aliphatic carbocycles. The number of carbonyl (C=O) groups is 1. The van der Waals surface area contributed by atoms with E-state index in [0.29, 0.717) is 17.8 Å². The minimum atomic E-state index is -0.799. The molecular weight excluding hydrogens is 378 g/mol. The number of aryl methyl sites for hydroxylation is 2. The summed E-state index contributed by atoms with van der Waals surface area (Å²) < 4.78 is 4.49. The summed E-state index contributed by atoms with van der Waals surface area (Å²) in [7, 11) is 0. The van der Waals surface area contributed by atoms with Gasteiger partial charge in [-0.05, 0) is 52.9 Å². The quantitative estimate of drug-likeness (QED) is 0.613. The molecule has 3 aromatic rings. The first-order valence-electron chi connectivity index (χ1n) is 8.58. The van der Waals surface area contributed by atoms with E-state index in [4.69, 9.17) is 5.11 Å². The lowest BCUT2D eigenvalue weighted by Gasteiger charge is -2.05. The zero-order chi connectivity index (χ0) is 19.6. The third-order valence-electron chi connectivity index (χ3n) is 4.33. The summed E-state index contributed by atoms with van der Waals surface area (Å²) in [5, 5.41) is 21.2. The fourth-order valence-corrected chi connectivity index (χ4v) is 4.82. The van der Waals surface area contributed by atoms with Crippen molar-refractivity contribution in [1.82, 2.24) is 9.36 Å². The summed E-state index contributed by atoms with van der Waals surface area (Å²) in [6.45, 7) is 6.13. The lowest BCUT2D eigenvalue weighted by Crippen LogP contribution is -1.98. The van der Waals surface area contributed by atoms with Gasteiger partial charge in [-0.2, -0.15) is 9.64 Å². The number of carboxylic acid groups (broad SMARTS) is 1. The first kappa shape index (κ1) is 19.2. The van der Waals surface area contributed by atoms with Crippen molar-refractivity contribution in [2.24, 2.45) is 0 Å². The molecule has 0 radical (unpaired) electrons. The third kappa shape index (κ3) is 4.07. The molecule has 0 aliphatic heterocycles. The predicted octanol–water partition coefficient (Wildman–Crippen LogP) is 5.25. The van der Waals surface area contributed by atoms with Gasteiger partial charge in [-0.1, -0.05) is 32.0 Å². The molecule has 1 aromatic carbocycles. The first-order valence-corrected chi connectivity index (χ1v) is 10.2. The van der Waals surface area contributed by atoms with Crippen LogP contribution in [0.4, 0.5) is 0 Å². The molecule has 0 aliphatic rings. The van der Waals surface area contributed by atoms with Gasteiger partial charge in [0.1, 0.15) is 6.07 Å². The second-order valence-corrected chi connectivity index (χ2v) is 8.26. The van der Waals surface area contributed by atoms with Crippen molar-refractivity contribution in [1.29, 1.82) is 5.26 Å². The molecule has 0 spiro atoms. The molecule has 7 heteroatoms. The van der Waals surface area contributed by atoms with Crippen LogP contribution in [0.2, 0.25) is 0 Å². The van der Waals surface area contributed by atoms with E-state index in [0.717, 1.165) is 32.1 Å². The Morgan fingerprint density at radius 2 is 2.15 bits per heavy atom. The third-order valence-corrected chi connectivity index (χ3v) is 6.20. The summed E-state index contributed by atoms with van der Waals surface area (Å²) in [4.78, 5) is 16.3. The highest BCUT2D eigenvalue weighted by molar-refractivity contribution is 7.18. The van der Waals surface area contributed by atoms with Crippen molar-refractivity contribution < 1.29 is 9.90 Å². The second-order valence-electron chi connectivity index (χ2n) is 6.63. The molecule has 0 bridgehead atoms. The highest BCUT2D eigenvalue weighted by Crippen LogP contribution is 2.37. The number of aromatic nitrogens is 2. The Morgan fingerprint density at radius 1 is 1.37 bits per heavy atom. The first-order chi connectivity index (χ1) is 12.9. The summed E-state index contributed by atoms with van der Waals surface area (Å²) in [6.07, 6.45) is 0.621. The van der Waals surface area contributed by atoms with E-state index < -0.39 is 5.97 Å². The van der Waals surface area contributed by atoms with Crippen molar-refractivity contribution in [2.75, 3.05) is 0 Å². The normalized spacial score (nSPS) is 10.9. The number of nitriles is 1. The number of thiophene rings is 1. The lowest BCUT2D eigenvalue weighted by molar-refractivity contribution is -0.136. The fourth-order valence-electron chi connectivity index (χ4n) is 2.88. The Hall–Kier alpha value is -2.56. The molecule has 1 N–H and O–H groups in total. The smallest absolute Gasteiger partial charge is 0.303 e. The minimum absolute atomic E-state index is 0.116. The molecule has 3 rings (SSSR count). The lowest BCUT2D eigenvalue weighted by atomic mass is 10.0. The van der Waals surface area contributed by atoms with Gasteiger partial charge in [0.05, 0.1) is 10.4 Å². The molecule has 27 heavy (non-hydrogen) atoms. The summed E-state index contributed by atoms with van der Waals surface area (Å²) >= 11 is 2.84. The van der Waals surface area contributed by atoms with Crippen molar-refractivity contribution in [2.45, 2.75) is 39.5 Å². The van der Waals surface area contributed by atoms with Crippen LogP contribution >= 0.6 is 22.9 Å². The standard InChI is InChI=1S/C20H19N3O2S2/c1-11(2)16-10-26-18(15(16)9-21)20-22-19(23-27-20)14-6-4-13(8-12(14)3)5-7-17(24)25/h4,6,8,10-11H,5,7H2,1-3H3,(H,24,25). The highest BCUT2D eigenvalue weighted by atomic mass is 32.1. The van der Waals surface area contributed by atoms with Crippen LogP contribution in [0.15, 0.2) is 23.6 Å². The Labute approximate surface area is 166 Å². The molecule has 0 atom stereocenters. The minimum Gasteiger partial charge on any atom is -0.481 e. The monoisotopic (exact) mass is 397 g/mol. The number of benzene rings is 1. The van der Waals surface area contributed by atoms with E-state index in [1.807, 2.05) is 30.5 Å². The molecule has 0 saturated heterocycles. The number of hydrogen-bond acceptors (Lipinski definition) is 6. The zero-order valence-electron chi connectivity index (χ0n) is 15.3. The van der Waals surface area contributed by atoms with E-state index in [2.05, 4.69) is 29.3 Å². The number of rotatable bonds is 6. The number of carboxylic acids is 1. The second kappa shape index (κ2) is 7.99. The van der Waals surface area contributed by atoms with Crippen LogP contribution < -0.4 is 0 Å². The maximum Gasteiger partial charge on any atom is 0.303 e. The molecule has 2 aromatic heterocycles. The maximum atomic E-state index is 10.7. The van der Waals surface area contributed by atoms with Crippen LogP contribution in [0.1, 0.15) is 48.4 Å². The Kier molecular flexibility index (Phi) is 5.68. The van der Waals surface area contributed by atoms with Crippen molar-refractivity contribution in [3.63, 3.8) is 0 Å². The fraction of sp³-hybridized carbons (Fsp3) is 0.300. The van der Waals surface area contributed by atoms with Gasteiger partial charge in [-0.15, -0.1) is 11.3 Å². The Balaban J connectivity index is 1.91. The summed E-state index contributed by atoms with van der Waals surface area (Å²) in [5.41, 5.74) is 4.67. The SMILES string of the molecule is Cc1cc(CCC(=O)O)ccc1-c1nsc(-c2scc(C(C)C)c2C#N)n1. The van der Waals surface area contributed by atoms with Crippen molar-refractivity contribution in [3.8, 4) is 27.3 Å². The maximum absolute atomic E-state index is 10.7. The molecule has 0 fully saturated rings. The van der Waals surface area contributed by atoms with Crippen LogP contribution in [0.25, 0.3) is 21.3 Å². The van der Waals surface area contributed by atoms with Gasteiger partial charge in [-0.3, -0.25) is 4.79 Å². The van der Waals surface area contributed by atoms with E-state index in [1.54, 1.807) is 0 Å². The molecule has 138 valence electrons. The largest absolute Gasteiger partial charge is 0.481 e. The van der Waals surface area contributed by atoms with Crippen LogP contribution in [0, 0.1) is 18.3 Å². The molecule has 2 heterocycles. The number of nitrogens with zero attached hydrogens (tertiary/aromatic N) is 3. The Morgan fingerprint density at radius 3 is 2.78 bits per heavy atom. The number of aliphatic carboxylic acids is 1. The molecule has 5 nitrogen and oxygen atoms in total. The van der Waals surface area contributed by atoms with E-state index in [9.17, 15) is 10.1 Å². The van der Waals surface area contributed by atoms with Crippen LogP contribution in [-0.2, 0) is 11.2 Å². The Bertz CT molecular complexity index is 1030. The highest BCUT2D eigenvalue weighted by Gasteiger charge is 2.19. The molecule has 0 amide bonds. The topological polar surface area (TPSA) is 86.9 Å². The number of hydrogen-bond donors (Lipinski definition) is 1. The molecular formula is C20H19N3O2S2. The predicted molar refractivity (Wildman–Crippen MR) is 108 cm³/mol. The summed E-state index contributed by atoms with van der Waals surface area (Å²) in [5.74, 6) is 0.130. The van der Waals surface area contributed by atoms with Crippen LogP contribution in [-0.4, -0.2) is 20.4 Å². The van der Waals surface area contributed by atoms with Gasteiger partial charge in [0, 0.05) is 12.0 Å². The van der Waals surface area contributed by atoms with Gasteiger partial charge in [0.2, 0.25) is 0 Å². The van der Waals surface area contributed by atoms with Gasteiger partial charge < -0.3 is 5.11 Å². The summed E-state index contributed by atoms with van der Waals surface area (Å²) in [6, 6.07) is 8.17. The van der Waals surface area contributed by atoms with Crippen molar-refractivity contribution in [3.05, 3.63) is 45.8 Å². The van der Waals surface area contributed by atoms with E-state index in [-0.39, 0.29) is 12.3 Å². The zero-order valence-corrected chi connectivity index (χ0v) is 16.9.